The van der Waals surface area contributed by atoms with Crippen LogP contribution in [0.2, 0.25) is 0 Å². The number of nitrogens with one attached hydrogen (secondary N) is 1. The van der Waals surface area contributed by atoms with E-state index in [0.717, 1.165) is 0 Å². The van der Waals surface area contributed by atoms with E-state index in [0.29, 0.717) is 12.3 Å². The molecule has 0 heterocycles. The van der Waals surface area contributed by atoms with Crippen LogP contribution in [0, 0.1) is 5.41 Å². The van der Waals surface area contributed by atoms with Crippen LogP contribution in [-0.2, 0) is 9.53 Å². The van der Waals surface area contributed by atoms with Gasteiger partial charge in [-0.05, 0) is 20.8 Å². The zero-order chi connectivity index (χ0) is 9.72. The van der Waals surface area contributed by atoms with Crippen molar-refractivity contribution in [3.8, 4) is 0 Å². The molecule has 0 aliphatic heterocycles. The molecule has 0 saturated carbocycles. The molecule has 0 spiro atoms. The summed E-state index contributed by atoms with van der Waals surface area (Å²) in [7, 11) is 0. The van der Waals surface area contributed by atoms with Crippen molar-refractivity contribution in [2.45, 2.75) is 20.8 Å². The molecule has 0 fully saturated rings. The number of nitrogens with two attached hydrogens (primary N) is 1. The highest BCUT2D eigenvalue weighted by Crippen LogP contribution is 2.03. The van der Waals surface area contributed by atoms with Gasteiger partial charge in [0.05, 0.1) is 12.2 Å². The van der Waals surface area contributed by atoms with E-state index in [4.69, 9.17) is 15.9 Å². The van der Waals surface area contributed by atoms with Gasteiger partial charge in [0, 0.05) is 11.4 Å². The maximum atomic E-state index is 11.1. The van der Waals surface area contributed by atoms with Crippen LogP contribution in [0.15, 0.2) is 11.3 Å². The molecule has 0 saturated heterocycles. The van der Waals surface area contributed by atoms with Gasteiger partial charge >= 0.3 is 5.97 Å². The van der Waals surface area contributed by atoms with Crippen LogP contribution in [0.1, 0.15) is 20.8 Å². The van der Waals surface area contributed by atoms with Crippen LogP contribution in [0.4, 0.5) is 0 Å². The highest BCUT2D eigenvalue weighted by Gasteiger charge is 2.14. The fourth-order valence-electron chi connectivity index (χ4n) is 0.813. The lowest BCUT2D eigenvalue weighted by molar-refractivity contribution is -0.137. The summed E-state index contributed by atoms with van der Waals surface area (Å²) in [6, 6.07) is 0. The first-order chi connectivity index (χ1) is 5.50. The molecule has 0 aliphatic carbocycles. The van der Waals surface area contributed by atoms with Gasteiger partial charge in [-0.25, -0.2) is 4.79 Å². The Bertz CT molecular complexity index is 227. The number of hydrogen-bond acceptors (Lipinski definition) is 4. The number of hydrogen-bond donors (Lipinski definition) is 2. The zero-order valence-electron chi connectivity index (χ0n) is 7.60. The van der Waals surface area contributed by atoms with E-state index >= 15 is 0 Å². The van der Waals surface area contributed by atoms with Gasteiger partial charge in [0.2, 0.25) is 0 Å². The lowest BCUT2D eigenvalue weighted by Gasteiger charge is -2.06. The van der Waals surface area contributed by atoms with Crippen LogP contribution >= 0.6 is 0 Å². The molecule has 4 heteroatoms. The van der Waals surface area contributed by atoms with E-state index in [2.05, 4.69) is 0 Å². The van der Waals surface area contributed by atoms with Gasteiger partial charge in [0.25, 0.3) is 0 Å². The Labute approximate surface area is 71.9 Å². The van der Waals surface area contributed by atoms with E-state index in [-0.39, 0.29) is 11.3 Å². The fourth-order valence-corrected chi connectivity index (χ4v) is 0.813. The Morgan fingerprint density at radius 3 is 2.25 bits per heavy atom. The van der Waals surface area contributed by atoms with Crippen molar-refractivity contribution in [1.29, 1.82) is 5.41 Å². The molecule has 0 atom stereocenters. The van der Waals surface area contributed by atoms with Crippen LogP contribution in [-0.4, -0.2) is 18.3 Å². The van der Waals surface area contributed by atoms with Gasteiger partial charge in [-0.2, -0.15) is 0 Å². The molecule has 0 bridgehead atoms. The number of carbonyl (C=O) groups excluding carboxylic acids is 1. The summed E-state index contributed by atoms with van der Waals surface area (Å²) < 4.78 is 4.71. The number of allylic oxidation sites excluding steroid dienone is 1. The van der Waals surface area contributed by atoms with Crippen LogP contribution in [0.3, 0.4) is 0 Å². The minimum atomic E-state index is -0.523. The van der Waals surface area contributed by atoms with Crippen LogP contribution in [0.5, 0.6) is 0 Å². The highest BCUT2D eigenvalue weighted by molar-refractivity contribution is 6.18. The van der Waals surface area contributed by atoms with Crippen molar-refractivity contribution in [1.82, 2.24) is 0 Å². The summed E-state index contributed by atoms with van der Waals surface area (Å²) in [5.41, 5.74) is 6.02. The van der Waals surface area contributed by atoms with Gasteiger partial charge in [-0.15, -0.1) is 0 Å². The standard InChI is InChI=1S/C8H14N2O2/c1-4-12-8(11)7(5(2)9)6(3)10/h9H,4,10H2,1-3H3/b7-6+,9-5?. The third-order valence-electron chi connectivity index (χ3n) is 1.25. The summed E-state index contributed by atoms with van der Waals surface area (Å²) in [6.45, 7) is 5.08. The number of carbonyl (C=O) groups is 1. The molecular weight excluding hydrogens is 156 g/mol. The van der Waals surface area contributed by atoms with Crippen LogP contribution < -0.4 is 5.73 Å². The maximum Gasteiger partial charge on any atom is 0.341 e. The molecule has 0 aromatic heterocycles. The average Bonchev–Trinajstić information content (AvgIpc) is 1.85. The molecule has 68 valence electrons. The van der Waals surface area contributed by atoms with Gasteiger partial charge < -0.3 is 15.9 Å². The topological polar surface area (TPSA) is 76.2 Å². The maximum absolute atomic E-state index is 11.1. The fraction of sp³-hybridized carbons (Fsp3) is 0.500. The van der Waals surface area contributed by atoms with Crippen molar-refractivity contribution in [3.63, 3.8) is 0 Å². The molecule has 0 amide bonds. The third-order valence-corrected chi connectivity index (χ3v) is 1.25. The predicted octanol–water partition coefficient (Wildman–Crippen LogP) is 0.822. The minimum Gasteiger partial charge on any atom is -0.462 e. The first kappa shape index (κ1) is 10.7. The zero-order valence-corrected chi connectivity index (χ0v) is 7.60. The second-order valence-corrected chi connectivity index (χ2v) is 2.40. The Morgan fingerprint density at radius 1 is 1.50 bits per heavy atom. The van der Waals surface area contributed by atoms with E-state index < -0.39 is 5.97 Å². The lowest BCUT2D eigenvalue weighted by Crippen LogP contribution is -2.17. The molecule has 0 rings (SSSR count). The smallest absolute Gasteiger partial charge is 0.341 e. The van der Waals surface area contributed by atoms with E-state index in [1.807, 2.05) is 0 Å². The van der Waals surface area contributed by atoms with Crippen molar-refractivity contribution in [2.75, 3.05) is 6.61 Å². The first-order valence-electron chi connectivity index (χ1n) is 3.69. The van der Waals surface area contributed by atoms with E-state index in [1.165, 1.54) is 6.92 Å². The lowest BCUT2D eigenvalue weighted by atomic mass is 10.1. The molecule has 0 radical (unpaired) electrons. The summed E-state index contributed by atoms with van der Waals surface area (Å²) in [6.07, 6.45) is 0. The van der Waals surface area contributed by atoms with E-state index in [9.17, 15) is 4.79 Å². The first-order valence-corrected chi connectivity index (χ1v) is 3.69. The summed E-state index contributed by atoms with van der Waals surface area (Å²) in [5.74, 6) is -0.523. The molecule has 0 aromatic rings. The molecule has 0 unspecified atom stereocenters. The summed E-state index contributed by atoms with van der Waals surface area (Å²) in [4.78, 5) is 11.1. The molecule has 0 aromatic carbocycles. The summed E-state index contributed by atoms with van der Waals surface area (Å²) >= 11 is 0. The van der Waals surface area contributed by atoms with Gasteiger partial charge in [0.15, 0.2) is 0 Å². The second kappa shape index (κ2) is 4.54. The largest absolute Gasteiger partial charge is 0.462 e. The Hall–Kier alpha value is -1.32. The van der Waals surface area contributed by atoms with Crippen molar-refractivity contribution in [2.24, 2.45) is 5.73 Å². The molecule has 4 nitrogen and oxygen atoms in total. The third kappa shape index (κ3) is 2.74. The van der Waals surface area contributed by atoms with Crippen molar-refractivity contribution >= 4 is 11.7 Å². The highest BCUT2D eigenvalue weighted by atomic mass is 16.5. The molecular formula is C8H14N2O2. The SMILES string of the molecule is CCOC(=O)/C(C(C)=N)=C(\C)N. The van der Waals surface area contributed by atoms with Gasteiger partial charge in [-0.3, -0.25) is 0 Å². The Morgan fingerprint density at radius 2 is 2.00 bits per heavy atom. The quantitative estimate of drug-likeness (QED) is 0.374. The minimum absolute atomic E-state index is 0.133. The van der Waals surface area contributed by atoms with Crippen LogP contribution in [0.25, 0.3) is 0 Å². The average molecular weight is 170 g/mol. The van der Waals surface area contributed by atoms with Gasteiger partial charge in [-0.1, -0.05) is 0 Å². The monoisotopic (exact) mass is 170 g/mol. The molecule has 0 aliphatic rings. The molecule has 3 N–H and O–H groups in total. The second-order valence-electron chi connectivity index (χ2n) is 2.40. The number of esters is 1. The summed E-state index contributed by atoms with van der Waals surface area (Å²) in [5, 5.41) is 7.25. The van der Waals surface area contributed by atoms with Crippen molar-refractivity contribution in [3.05, 3.63) is 11.3 Å². The number of rotatable bonds is 3. The Kier molecular flexibility index (Phi) is 4.04. The van der Waals surface area contributed by atoms with Crippen molar-refractivity contribution < 1.29 is 9.53 Å². The predicted molar refractivity (Wildman–Crippen MR) is 46.9 cm³/mol. The normalized spacial score (nSPS) is 11.9. The number of ether oxygens (including phenoxy) is 1. The molecule has 12 heavy (non-hydrogen) atoms. The van der Waals surface area contributed by atoms with E-state index in [1.54, 1.807) is 13.8 Å². The van der Waals surface area contributed by atoms with Gasteiger partial charge in [0.1, 0.15) is 0 Å². The Balaban J connectivity index is 4.67.